The normalized spacial score (nSPS) is 21.2. The van der Waals surface area contributed by atoms with Crippen molar-refractivity contribution in [2.45, 2.75) is 39.2 Å². The number of nitrogens with one attached hydrogen (secondary N) is 1. The highest BCUT2D eigenvalue weighted by Gasteiger charge is 2.28. The maximum atomic E-state index is 12.5. The van der Waals surface area contributed by atoms with E-state index in [1.807, 2.05) is 65.6 Å². The van der Waals surface area contributed by atoms with Gasteiger partial charge >= 0.3 is 5.97 Å². The van der Waals surface area contributed by atoms with Crippen LogP contribution in [0.1, 0.15) is 33.1 Å². The average molecular weight is 395 g/mol. The molecule has 0 saturated heterocycles. The number of nitrogens with zero attached hydrogens (tertiary/aromatic N) is 1. The van der Waals surface area contributed by atoms with E-state index in [4.69, 9.17) is 4.74 Å². The third-order valence-electron chi connectivity index (χ3n) is 5.84. The van der Waals surface area contributed by atoms with E-state index >= 15 is 0 Å². The Bertz CT molecular complexity index is 755. The second-order valence-electron chi connectivity index (χ2n) is 7.86. The minimum absolute atomic E-state index is 0.0399. The Labute approximate surface area is 173 Å². The van der Waals surface area contributed by atoms with Crippen molar-refractivity contribution < 1.29 is 14.3 Å². The van der Waals surface area contributed by atoms with E-state index in [9.17, 15) is 9.59 Å². The SMILES string of the molecule is CC1CCCC(NC(=O)COC(=O)CN(c2ccccc2)c2ccccc2)C1C. The summed E-state index contributed by atoms with van der Waals surface area (Å²) in [4.78, 5) is 26.6. The molecule has 1 saturated carbocycles. The molecule has 0 aliphatic heterocycles. The molecule has 154 valence electrons. The Morgan fingerprint density at radius 2 is 1.55 bits per heavy atom. The Kier molecular flexibility index (Phi) is 7.28. The van der Waals surface area contributed by atoms with Crippen LogP contribution in [0.2, 0.25) is 0 Å². The number of esters is 1. The lowest BCUT2D eigenvalue weighted by Gasteiger charge is -2.34. The largest absolute Gasteiger partial charge is 0.454 e. The van der Waals surface area contributed by atoms with Gasteiger partial charge in [-0.15, -0.1) is 0 Å². The lowest BCUT2D eigenvalue weighted by molar-refractivity contribution is -0.147. The molecule has 1 fully saturated rings. The molecule has 3 rings (SSSR count). The topological polar surface area (TPSA) is 58.6 Å². The predicted octanol–water partition coefficient (Wildman–Crippen LogP) is 4.31. The zero-order valence-corrected chi connectivity index (χ0v) is 17.2. The van der Waals surface area contributed by atoms with Crippen molar-refractivity contribution in [1.82, 2.24) is 5.32 Å². The van der Waals surface area contributed by atoms with Crippen LogP contribution in [0.5, 0.6) is 0 Å². The number of hydrogen-bond donors (Lipinski definition) is 1. The molecule has 0 radical (unpaired) electrons. The summed E-state index contributed by atoms with van der Waals surface area (Å²) >= 11 is 0. The molecule has 2 aromatic rings. The molecule has 0 heterocycles. The van der Waals surface area contributed by atoms with E-state index in [0.29, 0.717) is 11.8 Å². The zero-order chi connectivity index (χ0) is 20.6. The molecule has 0 spiro atoms. The molecule has 5 heteroatoms. The first-order valence-electron chi connectivity index (χ1n) is 10.4. The van der Waals surface area contributed by atoms with Gasteiger partial charge in [0.25, 0.3) is 5.91 Å². The number of anilines is 2. The second kappa shape index (κ2) is 10.1. The van der Waals surface area contributed by atoms with Crippen molar-refractivity contribution in [3.63, 3.8) is 0 Å². The standard InChI is InChI=1S/C24H30N2O3/c1-18-10-9-15-22(19(18)2)25-23(27)17-29-24(28)16-26(20-11-5-3-6-12-20)21-13-7-4-8-14-21/h3-8,11-14,18-19,22H,9-10,15-17H2,1-2H3,(H,25,27). The Balaban J connectivity index is 1.56. The Morgan fingerprint density at radius 3 is 2.14 bits per heavy atom. The van der Waals surface area contributed by atoms with Gasteiger partial charge in [-0.1, -0.05) is 63.1 Å². The van der Waals surface area contributed by atoms with Gasteiger partial charge in [-0.3, -0.25) is 9.59 Å². The molecule has 1 aliphatic rings. The van der Waals surface area contributed by atoms with Gasteiger partial charge in [-0.25, -0.2) is 0 Å². The number of carbonyl (C=O) groups excluding carboxylic acids is 2. The van der Waals surface area contributed by atoms with Gasteiger partial charge in [-0.05, 0) is 42.5 Å². The fourth-order valence-electron chi connectivity index (χ4n) is 3.90. The molecule has 3 atom stereocenters. The van der Waals surface area contributed by atoms with Crippen molar-refractivity contribution in [2.24, 2.45) is 11.8 Å². The molecule has 29 heavy (non-hydrogen) atoms. The summed E-state index contributed by atoms with van der Waals surface area (Å²) in [7, 11) is 0. The van der Waals surface area contributed by atoms with Crippen molar-refractivity contribution in [2.75, 3.05) is 18.1 Å². The predicted molar refractivity (Wildman–Crippen MR) is 115 cm³/mol. The lowest BCUT2D eigenvalue weighted by Crippen LogP contribution is -2.45. The number of amides is 1. The number of ether oxygens (including phenoxy) is 1. The first-order chi connectivity index (χ1) is 14.0. The third-order valence-corrected chi connectivity index (χ3v) is 5.84. The number of hydrogen-bond acceptors (Lipinski definition) is 4. The molecular formula is C24H30N2O3. The molecule has 1 amide bonds. The fraction of sp³-hybridized carbons (Fsp3) is 0.417. The van der Waals surface area contributed by atoms with Crippen LogP contribution < -0.4 is 10.2 Å². The van der Waals surface area contributed by atoms with Gasteiger partial charge in [0.2, 0.25) is 0 Å². The smallest absolute Gasteiger partial charge is 0.326 e. The van der Waals surface area contributed by atoms with Crippen LogP contribution in [0, 0.1) is 11.8 Å². The number of benzene rings is 2. The highest BCUT2D eigenvalue weighted by atomic mass is 16.5. The quantitative estimate of drug-likeness (QED) is 0.711. The van der Waals surface area contributed by atoms with Crippen LogP contribution in [0.3, 0.4) is 0 Å². The maximum absolute atomic E-state index is 12.5. The van der Waals surface area contributed by atoms with Crippen molar-refractivity contribution >= 4 is 23.3 Å². The van der Waals surface area contributed by atoms with Gasteiger partial charge in [0.05, 0.1) is 0 Å². The summed E-state index contributed by atoms with van der Waals surface area (Å²) in [6.45, 7) is 4.20. The van der Waals surface area contributed by atoms with Gasteiger partial charge in [0, 0.05) is 17.4 Å². The Morgan fingerprint density at radius 1 is 0.966 bits per heavy atom. The van der Waals surface area contributed by atoms with E-state index in [1.165, 1.54) is 6.42 Å². The summed E-state index contributed by atoms with van der Waals surface area (Å²) in [5.74, 6) is 0.380. The van der Waals surface area contributed by atoms with Gasteiger partial charge in [0.1, 0.15) is 6.54 Å². The third kappa shape index (κ3) is 5.83. The number of carbonyl (C=O) groups is 2. The first-order valence-corrected chi connectivity index (χ1v) is 10.4. The molecule has 0 bridgehead atoms. The molecule has 1 aliphatic carbocycles. The maximum Gasteiger partial charge on any atom is 0.326 e. The van der Waals surface area contributed by atoms with Crippen LogP contribution in [-0.4, -0.2) is 31.1 Å². The summed E-state index contributed by atoms with van der Waals surface area (Å²) in [6.07, 6.45) is 3.32. The number of rotatable bonds is 7. The summed E-state index contributed by atoms with van der Waals surface area (Å²) in [5, 5.41) is 3.04. The minimum atomic E-state index is -0.432. The average Bonchev–Trinajstić information content (AvgIpc) is 2.75. The molecule has 1 N–H and O–H groups in total. The van der Waals surface area contributed by atoms with Crippen molar-refractivity contribution in [3.8, 4) is 0 Å². The van der Waals surface area contributed by atoms with Crippen LogP contribution in [0.15, 0.2) is 60.7 Å². The Hall–Kier alpha value is -2.82. The minimum Gasteiger partial charge on any atom is -0.454 e. The highest BCUT2D eigenvalue weighted by Crippen LogP contribution is 2.29. The molecule has 5 nitrogen and oxygen atoms in total. The van der Waals surface area contributed by atoms with Crippen LogP contribution in [0.4, 0.5) is 11.4 Å². The van der Waals surface area contributed by atoms with E-state index < -0.39 is 5.97 Å². The second-order valence-corrected chi connectivity index (χ2v) is 7.86. The molecular weight excluding hydrogens is 364 g/mol. The van der Waals surface area contributed by atoms with E-state index in [-0.39, 0.29) is 25.1 Å². The van der Waals surface area contributed by atoms with Crippen molar-refractivity contribution in [3.05, 3.63) is 60.7 Å². The monoisotopic (exact) mass is 394 g/mol. The summed E-state index contributed by atoms with van der Waals surface area (Å²) in [5.41, 5.74) is 1.79. The highest BCUT2D eigenvalue weighted by molar-refractivity contribution is 5.84. The van der Waals surface area contributed by atoms with Gasteiger partial charge in [-0.2, -0.15) is 0 Å². The number of para-hydroxylation sites is 2. The van der Waals surface area contributed by atoms with Crippen molar-refractivity contribution in [1.29, 1.82) is 0 Å². The lowest BCUT2D eigenvalue weighted by atomic mass is 9.78. The molecule has 2 aromatic carbocycles. The van der Waals surface area contributed by atoms with Crippen LogP contribution >= 0.6 is 0 Å². The van der Waals surface area contributed by atoms with Crippen LogP contribution in [-0.2, 0) is 14.3 Å². The van der Waals surface area contributed by atoms with E-state index in [2.05, 4.69) is 19.2 Å². The van der Waals surface area contributed by atoms with Gasteiger partial charge < -0.3 is 15.0 Å². The first kappa shape index (κ1) is 20.9. The fourth-order valence-corrected chi connectivity index (χ4v) is 3.90. The van der Waals surface area contributed by atoms with E-state index in [0.717, 1.165) is 24.2 Å². The van der Waals surface area contributed by atoms with E-state index in [1.54, 1.807) is 0 Å². The zero-order valence-electron chi connectivity index (χ0n) is 17.2. The van der Waals surface area contributed by atoms with Gasteiger partial charge in [0.15, 0.2) is 6.61 Å². The molecule has 3 unspecified atom stereocenters. The van der Waals surface area contributed by atoms with Crippen LogP contribution in [0.25, 0.3) is 0 Å². The summed E-state index contributed by atoms with van der Waals surface area (Å²) < 4.78 is 5.29. The summed E-state index contributed by atoms with van der Waals surface area (Å²) in [6, 6.07) is 19.5. The molecule has 0 aromatic heterocycles.